The number of hydrogen-bond donors (Lipinski definition) is 0. The summed E-state index contributed by atoms with van der Waals surface area (Å²) >= 11 is 1.65. The first-order chi connectivity index (χ1) is 7.65. The third-order valence-corrected chi connectivity index (χ3v) is 3.38. The Labute approximate surface area is 97.6 Å². The molecule has 16 heavy (non-hydrogen) atoms. The number of aryl methyl sites for hydroxylation is 1. The zero-order chi connectivity index (χ0) is 11.7. The van der Waals surface area contributed by atoms with Crippen molar-refractivity contribution in [3.63, 3.8) is 0 Å². The second-order valence-electron chi connectivity index (χ2n) is 3.44. The number of carbonyl (C=O) groups excluding carboxylic acids is 1. The normalized spacial score (nSPS) is 10.4. The molecule has 0 saturated carbocycles. The van der Waals surface area contributed by atoms with Crippen molar-refractivity contribution in [1.82, 2.24) is 0 Å². The fourth-order valence-corrected chi connectivity index (χ4v) is 2.58. The van der Waals surface area contributed by atoms with E-state index in [1.807, 2.05) is 19.1 Å². The summed E-state index contributed by atoms with van der Waals surface area (Å²) in [7, 11) is 2.92. The fraction of sp³-hybridized carbons (Fsp3) is 0.250. The first-order valence-corrected chi connectivity index (χ1v) is 5.64. The number of benzene rings is 1. The molecule has 4 heteroatoms. The lowest BCUT2D eigenvalue weighted by Gasteiger charge is -2.06. The molecule has 0 saturated heterocycles. The summed E-state index contributed by atoms with van der Waals surface area (Å²) < 4.78 is 11.0. The molecule has 0 bridgehead atoms. The molecule has 0 N–H and O–H groups in total. The van der Waals surface area contributed by atoms with E-state index in [9.17, 15) is 4.79 Å². The van der Waals surface area contributed by atoms with Gasteiger partial charge in [-0.05, 0) is 30.5 Å². The second-order valence-corrected chi connectivity index (χ2v) is 4.73. The van der Waals surface area contributed by atoms with Crippen molar-refractivity contribution in [2.45, 2.75) is 6.92 Å². The Balaban J connectivity index is 2.66. The smallest absolute Gasteiger partial charge is 0.341 e. The summed E-state index contributed by atoms with van der Waals surface area (Å²) in [6.45, 7) is 2.04. The van der Waals surface area contributed by atoms with Gasteiger partial charge >= 0.3 is 5.97 Å². The van der Waals surface area contributed by atoms with Crippen LogP contribution in [0.1, 0.15) is 15.2 Å². The van der Waals surface area contributed by atoms with Gasteiger partial charge in [0.05, 0.1) is 14.2 Å². The number of carbonyl (C=O) groups is 1. The van der Waals surface area contributed by atoms with Gasteiger partial charge in [0.1, 0.15) is 11.3 Å². The molecule has 0 aliphatic carbocycles. The first kappa shape index (κ1) is 11.0. The average molecular weight is 236 g/mol. The van der Waals surface area contributed by atoms with Crippen LogP contribution in [0.2, 0.25) is 0 Å². The van der Waals surface area contributed by atoms with E-state index in [-0.39, 0.29) is 5.97 Å². The molecular weight excluding hydrogens is 224 g/mol. The minimum atomic E-state index is -0.371. The van der Waals surface area contributed by atoms with E-state index < -0.39 is 0 Å². The lowest BCUT2D eigenvalue weighted by Crippen LogP contribution is -2.03. The van der Waals surface area contributed by atoms with E-state index in [1.165, 1.54) is 12.0 Å². The van der Waals surface area contributed by atoms with Crippen molar-refractivity contribution in [3.8, 4) is 5.75 Å². The Kier molecular flexibility index (Phi) is 2.83. The highest BCUT2D eigenvalue weighted by molar-refractivity contribution is 7.19. The molecule has 0 spiro atoms. The summed E-state index contributed by atoms with van der Waals surface area (Å²) in [5.74, 6) is 0.182. The Morgan fingerprint density at radius 2 is 2.00 bits per heavy atom. The van der Waals surface area contributed by atoms with Crippen LogP contribution in [0, 0.1) is 6.92 Å². The summed E-state index contributed by atoms with van der Waals surface area (Å²) in [6, 6.07) is 5.76. The van der Waals surface area contributed by atoms with Crippen LogP contribution in [0.15, 0.2) is 18.2 Å². The summed E-state index contributed by atoms with van der Waals surface area (Å²) in [4.78, 5) is 12.8. The molecule has 1 aromatic heterocycles. The summed E-state index contributed by atoms with van der Waals surface area (Å²) in [5, 5.41) is 1.09. The zero-order valence-corrected chi connectivity index (χ0v) is 10.2. The van der Waals surface area contributed by atoms with Crippen molar-refractivity contribution in [1.29, 1.82) is 0 Å². The number of rotatable bonds is 2. The first-order valence-electron chi connectivity index (χ1n) is 4.82. The van der Waals surface area contributed by atoms with Crippen LogP contribution in [0.25, 0.3) is 10.1 Å². The molecule has 0 aliphatic rings. The number of thiophene rings is 1. The van der Waals surface area contributed by atoms with Crippen LogP contribution in [0.4, 0.5) is 0 Å². The third kappa shape index (κ3) is 1.76. The highest BCUT2D eigenvalue weighted by atomic mass is 32.1. The molecule has 0 radical (unpaired) electrons. The molecular formula is C12H12O3S. The number of methoxy groups -OCH3 is 2. The van der Waals surface area contributed by atoms with Gasteiger partial charge in [-0.25, -0.2) is 4.79 Å². The number of hydrogen-bond acceptors (Lipinski definition) is 4. The third-order valence-electron chi connectivity index (χ3n) is 2.37. The maximum absolute atomic E-state index is 11.5. The monoisotopic (exact) mass is 236 g/mol. The maximum atomic E-state index is 11.5. The molecule has 1 aromatic carbocycles. The average Bonchev–Trinajstić information content (AvgIpc) is 2.65. The lowest BCUT2D eigenvalue weighted by atomic mass is 10.1. The van der Waals surface area contributed by atoms with Gasteiger partial charge in [-0.3, -0.25) is 0 Å². The second kappa shape index (κ2) is 4.14. The van der Waals surface area contributed by atoms with Crippen molar-refractivity contribution in [2.24, 2.45) is 0 Å². The minimum absolute atomic E-state index is 0.371. The molecule has 84 valence electrons. The van der Waals surface area contributed by atoms with Crippen LogP contribution in [-0.4, -0.2) is 20.2 Å². The van der Waals surface area contributed by atoms with Gasteiger partial charge in [0.2, 0.25) is 0 Å². The maximum Gasteiger partial charge on any atom is 0.341 e. The highest BCUT2D eigenvalue weighted by Gasteiger charge is 2.14. The van der Waals surface area contributed by atoms with E-state index in [0.29, 0.717) is 11.3 Å². The van der Waals surface area contributed by atoms with Gasteiger partial charge in [-0.1, -0.05) is 0 Å². The zero-order valence-electron chi connectivity index (χ0n) is 9.37. The minimum Gasteiger partial charge on any atom is -0.496 e. The Morgan fingerprint density at radius 3 is 2.62 bits per heavy atom. The van der Waals surface area contributed by atoms with E-state index in [4.69, 9.17) is 9.47 Å². The summed E-state index contributed by atoms with van der Waals surface area (Å²) in [6.07, 6.45) is 0. The molecule has 0 atom stereocenters. The Morgan fingerprint density at radius 1 is 1.25 bits per heavy atom. The predicted molar refractivity (Wildman–Crippen MR) is 64.5 cm³/mol. The van der Waals surface area contributed by atoms with Gasteiger partial charge in [0.15, 0.2) is 0 Å². The molecule has 2 rings (SSSR count). The van der Waals surface area contributed by atoms with E-state index in [2.05, 4.69) is 6.07 Å². The Bertz CT molecular complexity index is 542. The molecule has 0 amide bonds. The topological polar surface area (TPSA) is 35.5 Å². The number of esters is 1. The standard InChI is InChI=1S/C12H12O3S/c1-7-4-8-5-10(14-2)9(12(13)15-3)6-11(8)16-7/h4-6H,1-3H3. The predicted octanol–water partition coefficient (Wildman–Crippen LogP) is 3.00. The largest absolute Gasteiger partial charge is 0.496 e. The highest BCUT2D eigenvalue weighted by Crippen LogP contribution is 2.31. The van der Waals surface area contributed by atoms with E-state index >= 15 is 0 Å². The van der Waals surface area contributed by atoms with Gasteiger partial charge < -0.3 is 9.47 Å². The van der Waals surface area contributed by atoms with E-state index in [1.54, 1.807) is 18.4 Å². The molecule has 0 fully saturated rings. The SMILES string of the molecule is COC(=O)c1cc2sc(C)cc2cc1OC. The number of ether oxygens (including phenoxy) is 2. The lowest BCUT2D eigenvalue weighted by molar-refractivity contribution is 0.0597. The molecule has 0 aliphatic heterocycles. The van der Waals surface area contributed by atoms with Crippen molar-refractivity contribution >= 4 is 27.4 Å². The van der Waals surface area contributed by atoms with Crippen LogP contribution in [-0.2, 0) is 4.74 Å². The summed E-state index contributed by atoms with van der Waals surface area (Å²) in [5.41, 5.74) is 0.472. The van der Waals surface area contributed by atoms with Gasteiger partial charge in [-0.2, -0.15) is 0 Å². The van der Waals surface area contributed by atoms with Crippen LogP contribution in [0.3, 0.4) is 0 Å². The molecule has 3 nitrogen and oxygen atoms in total. The van der Waals surface area contributed by atoms with Crippen molar-refractivity contribution < 1.29 is 14.3 Å². The Hall–Kier alpha value is -1.55. The fourth-order valence-electron chi connectivity index (χ4n) is 1.64. The molecule has 1 heterocycles. The molecule has 2 aromatic rings. The van der Waals surface area contributed by atoms with Crippen LogP contribution < -0.4 is 4.74 Å². The van der Waals surface area contributed by atoms with Crippen molar-refractivity contribution in [3.05, 3.63) is 28.6 Å². The number of fused-ring (bicyclic) bond motifs is 1. The van der Waals surface area contributed by atoms with Crippen LogP contribution in [0.5, 0.6) is 5.75 Å². The van der Waals surface area contributed by atoms with Gasteiger partial charge in [0.25, 0.3) is 0 Å². The quantitative estimate of drug-likeness (QED) is 0.752. The van der Waals surface area contributed by atoms with Gasteiger partial charge in [0, 0.05) is 9.58 Å². The van der Waals surface area contributed by atoms with Crippen LogP contribution >= 0.6 is 11.3 Å². The van der Waals surface area contributed by atoms with Gasteiger partial charge in [-0.15, -0.1) is 11.3 Å². The van der Waals surface area contributed by atoms with E-state index in [0.717, 1.165) is 10.1 Å². The van der Waals surface area contributed by atoms with Crippen molar-refractivity contribution in [2.75, 3.05) is 14.2 Å². The molecule has 0 unspecified atom stereocenters.